The van der Waals surface area contributed by atoms with Gasteiger partial charge in [0, 0.05) is 50.7 Å². The lowest BCUT2D eigenvalue weighted by Gasteiger charge is -2.24. The van der Waals surface area contributed by atoms with Gasteiger partial charge in [-0.25, -0.2) is 9.97 Å². The SMILES string of the molecule is CCC[C@@H]1CN(Cc2cnc(COC)nc2)C[C@H]1N(C)C. The number of aromatic nitrogens is 2. The molecule has 0 unspecified atom stereocenters. The van der Waals surface area contributed by atoms with Crippen LogP contribution in [0.15, 0.2) is 12.4 Å². The second kappa shape index (κ2) is 7.82. The van der Waals surface area contributed by atoms with Crippen LogP contribution >= 0.6 is 0 Å². The van der Waals surface area contributed by atoms with Crippen LogP contribution in [0.3, 0.4) is 0 Å². The van der Waals surface area contributed by atoms with E-state index in [9.17, 15) is 0 Å². The molecule has 0 N–H and O–H groups in total. The van der Waals surface area contributed by atoms with E-state index in [1.165, 1.54) is 24.9 Å². The quantitative estimate of drug-likeness (QED) is 0.766. The fraction of sp³-hybridized carbons (Fsp3) is 0.750. The minimum Gasteiger partial charge on any atom is -0.377 e. The largest absolute Gasteiger partial charge is 0.377 e. The molecule has 1 saturated heterocycles. The predicted octanol–water partition coefficient (Wildman–Crippen LogP) is 1.79. The van der Waals surface area contributed by atoms with Crippen LogP contribution < -0.4 is 0 Å². The molecular weight excluding hydrogens is 264 g/mol. The van der Waals surface area contributed by atoms with Gasteiger partial charge in [0.15, 0.2) is 5.82 Å². The summed E-state index contributed by atoms with van der Waals surface area (Å²) in [4.78, 5) is 13.6. The molecule has 0 radical (unpaired) electrons. The molecule has 5 nitrogen and oxygen atoms in total. The standard InChI is InChI=1S/C16H28N4O/c1-5-6-14-10-20(11-15(14)19(2)3)9-13-7-17-16(12-21-4)18-8-13/h7-8,14-15H,5-6,9-12H2,1-4H3/t14-,15-/m1/s1. The highest BCUT2D eigenvalue weighted by Gasteiger charge is 2.33. The maximum absolute atomic E-state index is 5.04. The molecule has 1 aliphatic rings. The van der Waals surface area contributed by atoms with Crippen molar-refractivity contribution in [1.29, 1.82) is 0 Å². The fourth-order valence-electron chi connectivity index (χ4n) is 3.23. The molecule has 0 spiro atoms. The molecule has 0 bridgehead atoms. The van der Waals surface area contributed by atoms with E-state index in [1.807, 2.05) is 12.4 Å². The second-order valence-corrected chi connectivity index (χ2v) is 6.21. The molecule has 1 aromatic rings. The van der Waals surface area contributed by atoms with Crippen molar-refractivity contribution >= 4 is 0 Å². The van der Waals surface area contributed by atoms with E-state index >= 15 is 0 Å². The maximum Gasteiger partial charge on any atom is 0.153 e. The summed E-state index contributed by atoms with van der Waals surface area (Å²) in [5.74, 6) is 1.52. The molecule has 2 rings (SSSR count). The zero-order valence-electron chi connectivity index (χ0n) is 13.7. The Morgan fingerprint density at radius 2 is 2.00 bits per heavy atom. The molecule has 0 saturated carbocycles. The molecule has 0 aromatic carbocycles. The number of hydrogen-bond acceptors (Lipinski definition) is 5. The Bertz CT molecular complexity index is 421. The lowest BCUT2D eigenvalue weighted by atomic mass is 9.98. The second-order valence-electron chi connectivity index (χ2n) is 6.21. The van der Waals surface area contributed by atoms with Gasteiger partial charge in [0.05, 0.1) is 0 Å². The molecule has 21 heavy (non-hydrogen) atoms. The van der Waals surface area contributed by atoms with E-state index < -0.39 is 0 Å². The zero-order chi connectivity index (χ0) is 15.2. The van der Waals surface area contributed by atoms with Gasteiger partial charge in [-0.1, -0.05) is 13.3 Å². The first-order valence-corrected chi connectivity index (χ1v) is 7.81. The molecule has 1 aliphatic heterocycles. The molecule has 1 aromatic heterocycles. The third-order valence-electron chi connectivity index (χ3n) is 4.24. The summed E-state index contributed by atoms with van der Waals surface area (Å²) in [6.07, 6.45) is 6.43. The summed E-state index contributed by atoms with van der Waals surface area (Å²) >= 11 is 0. The van der Waals surface area contributed by atoms with Crippen molar-refractivity contribution in [1.82, 2.24) is 19.8 Å². The van der Waals surface area contributed by atoms with Gasteiger partial charge in [0.1, 0.15) is 6.61 Å². The van der Waals surface area contributed by atoms with Crippen LogP contribution in [0, 0.1) is 5.92 Å². The Hall–Kier alpha value is -1.04. The summed E-state index contributed by atoms with van der Waals surface area (Å²) in [6.45, 7) is 6.01. The predicted molar refractivity (Wildman–Crippen MR) is 83.9 cm³/mol. The van der Waals surface area contributed by atoms with E-state index in [0.717, 1.165) is 24.8 Å². The molecule has 1 fully saturated rings. The molecule has 5 heteroatoms. The maximum atomic E-state index is 5.04. The Morgan fingerprint density at radius 3 is 2.57 bits per heavy atom. The number of rotatable bonds is 7. The van der Waals surface area contributed by atoms with Crippen LogP contribution in [-0.2, 0) is 17.9 Å². The molecule has 0 aliphatic carbocycles. The summed E-state index contributed by atoms with van der Waals surface area (Å²) in [6, 6.07) is 0.665. The van der Waals surface area contributed by atoms with Crippen molar-refractivity contribution in [3.05, 3.63) is 23.8 Å². The fourth-order valence-corrected chi connectivity index (χ4v) is 3.23. The van der Waals surface area contributed by atoms with Gasteiger partial charge in [-0.3, -0.25) is 4.90 Å². The highest BCUT2D eigenvalue weighted by molar-refractivity contribution is 5.06. The van der Waals surface area contributed by atoms with Crippen LogP contribution in [0.2, 0.25) is 0 Å². The van der Waals surface area contributed by atoms with Crippen molar-refractivity contribution in [3.8, 4) is 0 Å². The minimum absolute atomic E-state index is 0.477. The minimum atomic E-state index is 0.477. The Morgan fingerprint density at radius 1 is 1.29 bits per heavy atom. The summed E-state index contributed by atoms with van der Waals surface area (Å²) in [5, 5.41) is 0. The number of ether oxygens (including phenoxy) is 1. The zero-order valence-corrected chi connectivity index (χ0v) is 13.7. The third-order valence-corrected chi connectivity index (χ3v) is 4.24. The van der Waals surface area contributed by atoms with E-state index in [1.54, 1.807) is 7.11 Å². The van der Waals surface area contributed by atoms with Crippen LogP contribution in [0.4, 0.5) is 0 Å². The molecule has 2 heterocycles. The summed E-state index contributed by atoms with van der Waals surface area (Å²) in [7, 11) is 6.05. The average molecular weight is 292 g/mol. The molecule has 118 valence electrons. The smallest absolute Gasteiger partial charge is 0.153 e. The molecule has 2 atom stereocenters. The van der Waals surface area contributed by atoms with Crippen molar-refractivity contribution in [3.63, 3.8) is 0 Å². The van der Waals surface area contributed by atoms with Gasteiger partial charge in [-0.05, 0) is 26.4 Å². The van der Waals surface area contributed by atoms with E-state index in [2.05, 4.69) is 40.8 Å². The van der Waals surface area contributed by atoms with E-state index in [4.69, 9.17) is 4.74 Å². The first kappa shape index (κ1) is 16.3. The lowest BCUT2D eigenvalue weighted by Crippen LogP contribution is -2.35. The van der Waals surface area contributed by atoms with Gasteiger partial charge in [0.25, 0.3) is 0 Å². The van der Waals surface area contributed by atoms with Gasteiger partial charge in [-0.2, -0.15) is 0 Å². The van der Waals surface area contributed by atoms with Crippen molar-refractivity contribution in [2.45, 2.75) is 39.0 Å². The van der Waals surface area contributed by atoms with Crippen LogP contribution in [0.25, 0.3) is 0 Å². The van der Waals surface area contributed by atoms with Crippen LogP contribution in [0.1, 0.15) is 31.2 Å². The Kier molecular flexibility index (Phi) is 6.08. The number of nitrogens with zero attached hydrogens (tertiary/aromatic N) is 4. The average Bonchev–Trinajstić information content (AvgIpc) is 2.85. The van der Waals surface area contributed by atoms with E-state index in [0.29, 0.717) is 12.6 Å². The van der Waals surface area contributed by atoms with Crippen molar-refractivity contribution in [2.24, 2.45) is 5.92 Å². The monoisotopic (exact) mass is 292 g/mol. The van der Waals surface area contributed by atoms with Crippen molar-refractivity contribution in [2.75, 3.05) is 34.3 Å². The van der Waals surface area contributed by atoms with Gasteiger partial charge in [0.2, 0.25) is 0 Å². The first-order valence-electron chi connectivity index (χ1n) is 7.81. The number of likely N-dealkylation sites (N-methyl/N-ethyl adjacent to an activating group) is 1. The summed E-state index contributed by atoms with van der Waals surface area (Å²) < 4.78 is 5.04. The lowest BCUT2D eigenvalue weighted by molar-refractivity contribution is 0.177. The van der Waals surface area contributed by atoms with Crippen LogP contribution in [0.5, 0.6) is 0 Å². The highest BCUT2D eigenvalue weighted by Crippen LogP contribution is 2.25. The Balaban J connectivity index is 1.93. The number of methoxy groups -OCH3 is 1. The van der Waals surface area contributed by atoms with Crippen molar-refractivity contribution < 1.29 is 4.74 Å². The topological polar surface area (TPSA) is 41.5 Å². The number of likely N-dealkylation sites (tertiary alicyclic amines) is 1. The van der Waals surface area contributed by atoms with Gasteiger partial charge in [-0.15, -0.1) is 0 Å². The summed E-state index contributed by atoms with van der Waals surface area (Å²) in [5.41, 5.74) is 1.18. The van der Waals surface area contributed by atoms with Gasteiger partial charge >= 0.3 is 0 Å². The van der Waals surface area contributed by atoms with Gasteiger partial charge < -0.3 is 9.64 Å². The molecule has 0 amide bonds. The highest BCUT2D eigenvalue weighted by atomic mass is 16.5. The normalized spacial score (nSPS) is 23.1. The number of hydrogen-bond donors (Lipinski definition) is 0. The van der Waals surface area contributed by atoms with E-state index in [-0.39, 0.29) is 0 Å². The Labute approximate surface area is 128 Å². The van der Waals surface area contributed by atoms with Crippen LogP contribution in [-0.4, -0.2) is 60.1 Å². The first-order chi connectivity index (χ1) is 10.1. The molecular formula is C16H28N4O. The third kappa shape index (κ3) is 4.46.